The van der Waals surface area contributed by atoms with Gasteiger partial charge in [-0.3, -0.25) is 9.69 Å². The van der Waals surface area contributed by atoms with Crippen LogP contribution in [0.3, 0.4) is 0 Å². The summed E-state index contributed by atoms with van der Waals surface area (Å²) in [5, 5.41) is 0. The molecule has 5 heteroatoms. The summed E-state index contributed by atoms with van der Waals surface area (Å²) in [4.78, 5) is 14.8. The molecule has 0 bridgehead atoms. The average molecular weight is 329 g/mol. The Morgan fingerprint density at radius 2 is 1.79 bits per heavy atom. The van der Waals surface area contributed by atoms with Crippen molar-refractivity contribution in [2.24, 2.45) is 0 Å². The van der Waals surface area contributed by atoms with Gasteiger partial charge in [-0.25, -0.2) is 0 Å². The molecule has 2 atom stereocenters. The van der Waals surface area contributed by atoms with Gasteiger partial charge in [-0.1, -0.05) is 0 Å². The topological polar surface area (TPSA) is 48.0 Å². The highest BCUT2D eigenvalue weighted by Crippen LogP contribution is 2.53. The van der Waals surface area contributed by atoms with Crippen LogP contribution in [0.25, 0.3) is 0 Å². The zero-order valence-corrected chi connectivity index (χ0v) is 14.4. The van der Waals surface area contributed by atoms with Gasteiger partial charge in [0, 0.05) is 26.6 Å². The van der Waals surface area contributed by atoms with E-state index in [1.165, 1.54) is 16.7 Å². The Balaban J connectivity index is 1.93. The number of ketones is 1. The van der Waals surface area contributed by atoms with Crippen molar-refractivity contribution in [1.29, 1.82) is 0 Å². The van der Waals surface area contributed by atoms with E-state index in [2.05, 4.69) is 17.0 Å². The molecule has 4 rings (SSSR count). The Labute approximate surface area is 142 Å². The minimum Gasteiger partial charge on any atom is -0.493 e. The molecule has 1 aromatic carbocycles. The fraction of sp³-hybridized carbons (Fsp3) is 0.526. The molecule has 0 N–H and O–H groups in total. The van der Waals surface area contributed by atoms with Gasteiger partial charge < -0.3 is 14.2 Å². The normalized spacial score (nSPS) is 28.7. The summed E-state index contributed by atoms with van der Waals surface area (Å²) in [6, 6.07) is 4.19. The summed E-state index contributed by atoms with van der Waals surface area (Å²) in [7, 11) is 4.95. The smallest absolute Gasteiger partial charge is 0.184 e. The van der Waals surface area contributed by atoms with Crippen LogP contribution in [-0.2, 0) is 21.5 Å². The number of rotatable bonds is 3. The van der Waals surface area contributed by atoms with Crippen molar-refractivity contribution in [2.45, 2.75) is 30.9 Å². The van der Waals surface area contributed by atoms with Crippen molar-refractivity contribution in [3.8, 4) is 11.5 Å². The predicted octanol–water partition coefficient (Wildman–Crippen LogP) is 2.08. The number of hydrogen-bond acceptors (Lipinski definition) is 5. The Morgan fingerprint density at radius 3 is 2.50 bits per heavy atom. The molecule has 2 heterocycles. The maximum Gasteiger partial charge on any atom is 0.184 e. The van der Waals surface area contributed by atoms with Crippen molar-refractivity contribution in [3.05, 3.63) is 34.9 Å². The van der Waals surface area contributed by atoms with Crippen LogP contribution in [0, 0.1) is 0 Å². The first-order chi connectivity index (χ1) is 11.6. The number of benzene rings is 1. The Bertz CT molecular complexity index is 726. The number of fused-ring (bicyclic) bond motifs is 1. The van der Waals surface area contributed by atoms with E-state index in [1.807, 2.05) is 6.08 Å². The second-order valence-electron chi connectivity index (χ2n) is 6.71. The molecule has 0 aromatic heterocycles. The molecule has 1 spiro atoms. The van der Waals surface area contributed by atoms with E-state index in [1.54, 1.807) is 21.3 Å². The van der Waals surface area contributed by atoms with Gasteiger partial charge in [0.2, 0.25) is 0 Å². The van der Waals surface area contributed by atoms with Crippen molar-refractivity contribution >= 4 is 5.78 Å². The number of nitrogens with zero attached hydrogens (tertiary/aromatic N) is 1. The van der Waals surface area contributed by atoms with Gasteiger partial charge in [-0.15, -0.1) is 0 Å². The molecule has 1 aliphatic carbocycles. The Hall–Kier alpha value is -1.85. The summed E-state index contributed by atoms with van der Waals surface area (Å²) < 4.78 is 16.5. The van der Waals surface area contributed by atoms with Crippen molar-refractivity contribution in [2.75, 3.05) is 34.4 Å². The van der Waals surface area contributed by atoms with Gasteiger partial charge in [-0.05, 0) is 47.8 Å². The fourth-order valence-corrected chi connectivity index (χ4v) is 4.67. The maximum absolute atomic E-state index is 12.3. The average Bonchev–Trinajstić information content (AvgIpc) is 2.98. The monoisotopic (exact) mass is 329 g/mol. The lowest BCUT2D eigenvalue weighted by Crippen LogP contribution is -2.52. The van der Waals surface area contributed by atoms with Crippen LogP contribution in [0.1, 0.15) is 24.0 Å². The van der Waals surface area contributed by atoms with Gasteiger partial charge >= 0.3 is 0 Å². The van der Waals surface area contributed by atoms with Crippen molar-refractivity contribution in [1.82, 2.24) is 4.90 Å². The van der Waals surface area contributed by atoms with E-state index in [0.29, 0.717) is 6.42 Å². The third-order valence-corrected chi connectivity index (χ3v) is 5.83. The second kappa shape index (κ2) is 5.60. The Kier molecular flexibility index (Phi) is 3.66. The Morgan fingerprint density at radius 1 is 1.08 bits per heavy atom. The van der Waals surface area contributed by atoms with E-state index < -0.39 is 0 Å². The number of hydrogen-bond donors (Lipinski definition) is 0. The van der Waals surface area contributed by atoms with E-state index in [9.17, 15) is 4.79 Å². The van der Waals surface area contributed by atoms with Gasteiger partial charge in [0.25, 0.3) is 0 Å². The van der Waals surface area contributed by atoms with Crippen LogP contribution in [0.2, 0.25) is 0 Å². The predicted molar refractivity (Wildman–Crippen MR) is 89.6 cm³/mol. The van der Waals surface area contributed by atoms with E-state index in [0.717, 1.165) is 37.4 Å². The minimum absolute atomic E-state index is 0.0903. The SMILES string of the molecule is COc1cc2c(cc1OC)C13CC(OC)C(=O)C=C1CCN3CC2. The first-order valence-corrected chi connectivity index (χ1v) is 8.42. The summed E-state index contributed by atoms with van der Waals surface area (Å²) >= 11 is 0. The van der Waals surface area contributed by atoms with Crippen LogP contribution in [0.5, 0.6) is 11.5 Å². The molecule has 5 nitrogen and oxygen atoms in total. The first-order valence-electron chi connectivity index (χ1n) is 8.42. The molecule has 24 heavy (non-hydrogen) atoms. The summed E-state index contributed by atoms with van der Waals surface area (Å²) in [5.74, 6) is 1.59. The molecule has 2 aliphatic heterocycles. The summed E-state index contributed by atoms with van der Waals surface area (Å²) in [5.41, 5.74) is 3.50. The van der Waals surface area contributed by atoms with Gasteiger partial charge in [0.15, 0.2) is 17.3 Å². The third-order valence-electron chi connectivity index (χ3n) is 5.83. The van der Waals surface area contributed by atoms with Crippen LogP contribution in [0.15, 0.2) is 23.8 Å². The summed E-state index contributed by atoms with van der Waals surface area (Å²) in [6.45, 7) is 1.98. The largest absolute Gasteiger partial charge is 0.493 e. The molecule has 0 radical (unpaired) electrons. The number of carbonyl (C=O) groups excluding carboxylic acids is 1. The van der Waals surface area contributed by atoms with E-state index in [4.69, 9.17) is 14.2 Å². The van der Waals surface area contributed by atoms with E-state index in [-0.39, 0.29) is 17.4 Å². The quantitative estimate of drug-likeness (QED) is 0.850. The van der Waals surface area contributed by atoms with Crippen LogP contribution < -0.4 is 9.47 Å². The molecule has 0 amide bonds. The standard InChI is InChI=1S/C19H23NO4/c1-22-16-8-12-4-6-20-7-5-13-9-15(21)18(24-3)11-19(13,20)14(12)10-17(16)23-2/h8-10,18H,4-7,11H2,1-3H3. The van der Waals surface area contributed by atoms with Crippen molar-refractivity contribution < 1.29 is 19.0 Å². The highest BCUT2D eigenvalue weighted by Gasteiger charge is 2.53. The third kappa shape index (κ3) is 1.98. The van der Waals surface area contributed by atoms with E-state index >= 15 is 0 Å². The van der Waals surface area contributed by atoms with Crippen molar-refractivity contribution in [3.63, 3.8) is 0 Å². The van der Waals surface area contributed by atoms with Crippen LogP contribution in [0.4, 0.5) is 0 Å². The number of methoxy groups -OCH3 is 3. The molecule has 128 valence electrons. The van der Waals surface area contributed by atoms with Gasteiger partial charge in [0.1, 0.15) is 6.10 Å². The fourth-order valence-electron chi connectivity index (χ4n) is 4.67. The molecule has 2 unspecified atom stereocenters. The molecular formula is C19H23NO4. The lowest BCUT2D eigenvalue weighted by molar-refractivity contribution is -0.127. The van der Waals surface area contributed by atoms with Gasteiger partial charge in [-0.2, -0.15) is 0 Å². The lowest BCUT2D eigenvalue weighted by Gasteiger charge is -2.47. The molecular weight excluding hydrogens is 306 g/mol. The maximum atomic E-state index is 12.3. The summed E-state index contributed by atoms with van der Waals surface area (Å²) in [6.07, 6.45) is 4.04. The number of ether oxygens (including phenoxy) is 3. The molecule has 0 saturated carbocycles. The zero-order chi connectivity index (χ0) is 16.9. The second-order valence-corrected chi connectivity index (χ2v) is 6.71. The number of carbonyl (C=O) groups is 1. The highest BCUT2D eigenvalue weighted by atomic mass is 16.5. The molecule has 1 fully saturated rings. The zero-order valence-electron chi connectivity index (χ0n) is 14.4. The first kappa shape index (κ1) is 15.7. The minimum atomic E-state index is -0.381. The van der Waals surface area contributed by atoms with Crippen LogP contribution >= 0.6 is 0 Å². The van der Waals surface area contributed by atoms with Gasteiger partial charge in [0.05, 0.1) is 19.8 Å². The van der Waals surface area contributed by atoms with Crippen LogP contribution in [-0.4, -0.2) is 51.2 Å². The highest BCUT2D eigenvalue weighted by molar-refractivity contribution is 5.96. The lowest BCUT2D eigenvalue weighted by atomic mass is 9.70. The molecule has 3 aliphatic rings. The molecule has 1 saturated heterocycles. The molecule has 1 aromatic rings.